The van der Waals surface area contributed by atoms with Crippen LogP contribution in [0.4, 0.5) is 13.2 Å². The first-order valence-corrected chi connectivity index (χ1v) is 6.50. The monoisotopic (exact) mass is 355 g/mol. The van der Waals surface area contributed by atoms with E-state index >= 15 is 0 Å². The summed E-state index contributed by atoms with van der Waals surface area (Å²) in [6.07, 6.45) is -4.69. The SMILES string of the molecule is COC(=O)C(Br)CNCc1ccc(OC(F)(F)F)cc1. The third kappa shape index (κ3) is 6.25. The Hall–Kier alpha value is -1.28. The van der Waals surface area contributed by atoms with Gasteiger partial charge >= 0.3 is 12.3 Å². The van der Waals surface area contributed by atoms with Crippen LogP contribution in [0.2, 0.25) is 0 Å². The van der Waals surface area contributed by atoms with E-state index in [1.54, 1.807) is 0 Å². The van der Waals surface area contributed by atoms with Crippen LogP contribution < -0.4 is 10.1 Å². The van der Waals surface area contributed by atoms with Gasteiger partial charge in [0.15, 0.2) is 0 Å². The third-order valence-corrected chi connectivity index (χ3v) is 2.96. The molecule has 0 aromatic heterocycles. The second-order valence-corrected chi connectivity index (χ2v) is 4.92. The molecule has 0 saturated carbocycles. The highest BCUT2D eigenvalue weighted by Gasteiger charge is 2.30. The van der Waals surface area contributed by atoms with Gasteiger partial charge in [0.25, 0.3) is 0 Å². The molecule has 1 atom stereocenters. The lowest BCUT2D eigenvalue weighted by Gasteiger charge is -2.11. The van der Waals surface area contributed by atoms with Crippen LogP contribution in [0.1, 0.15) is 5.56 Å². The molecule has 0 aliphatic heterocycles. The molecular weight excluding hydrogens is 343 g/mol. The molecule has 20 heavy (non-hydrogen) atoms. The van der Waals surface area contributed by atoms with Gasteiger partial charge in [0.05, 0.1) is 7.11 Å². The molecule has 0 bridgehead atoms. The summed E-state index contributed by atoms with van der Waals surface area (Å²) >= 11 is 3.14. The lowest BCUT2D eigenvalue weighted by Crippen LogP contribution is -2.29. The number of alkyl halides is 4. The van der Waals surface area contributed by atoms with Crippen LogP contribution in [0.15, 0.2) is 24.3 Å². The van der Waals surface area contributed by atoms with Crippen molar-refractivity contribution in [1.29, 1.82) is 0 Å². The first-order chi connectivity index (χ1) is 9.31. The van der Waals surface area contributed by atoms with Crippen molar-refractivity contribution in [3.63, 3.8) is 0 Å². The van der Waals surface area contributed by atoms with Crippen LogP contribution in [-0.2, 0) is 16.1 Å². The van der Waals surface area contributed by atoms with Crippen LogP contribution in [0.5, 0.6) is 5.75 Å². The minimum absolute atomic E-state index is 0.269. The van der Waals surface area contributed by atoms with Crippen molar-refractivity contribution in [1.82, 2.24) is 5.32 Å². The second-order valence-electron chi connectivity index (χ2n) is 3.81. The van der Waals surface area contributed by atoms with E-state index in [-0.39, 0.29) is 5.75 Å². The summed E-state index contributed by atoms with van der Waals surface area (Å²) in [5, 5.41) is 2.97. The topological polar surface area (TPSA) is 47.6 Å². The van der Waals surface area contributed by atoms with E-state index in [9.17, 15) is 18.0 Å². The summed E-state index contributed by atoms with van der Waals surface area (Å²) in [6, 6.07) is 5.48. The fraction of sp³-hybridized carbons (Fsp3) is 0.417. The van der Waals surface area contributed by atoms with Crippen molar-refractivity contribution in [3.8, 4) is 5.75 Å². The van der Waals surface area contributed by atoms with Crippen molar-refractivity contribution in [2.75, 3.05) is 13.7 Å². The van der Waals surface area contributed by atoms with Gasteiger partial charge in [-0.05, 0) is 17.7 Å². The van der Waals surface area contributed by atoms with Gasteiger partial charge in [-0.2, -0.15) is 0 Å². The molecule has 112 valence electrons. The van der Waals surface area contributed by atoms with Crippen molar-refractivity contribution >= 4 is 21.9 Å². The summed E-state index contributed by atoms with van der Waals surface area (Å²) in [5.41, 5.74) is 0.768. The highest BCUT2D eigenvalue weighted by atomic mass is 79.9. The zero-order valence-electron chi connectivity index (χ0n) is 10.5. The number of hydrogen-bond acceptors (Lipinski definition) is 4. The van der Waals surface area contributed by atoms with Crippen molar-refractivity contribution in [2.24, 2.45) is 0 Å². The van der Waals surface area contributed by atoms with E-state index in [0.29, 0.717) is 13.1 Å². The molecule has 1 aromatic carbocycles. The van der Waals surface area contributed by atoms with Gasteiger partial charge in [-0.1, -0.05) is 28.1 Å². The molecule has 0 heterocycles. The zero-order chi connectivity index (χ0) is 15.2. The fourth-order valence-electron chi connectivity index (χ4n) is 1.36. The molecule has 1 aromatic rings. The van der Waals surface area contributed by atoms with E-state index in [0.717, 1.165) is 5.56 Å². The Morgan fingerprint density at radius 2 is 1.95 bits per heavy atom. The quantitative estimate of drug-likeness (QED) is 0.629. The minimum atomic E-state index is -4.69. The first-order valence-electron chi connectivity index (χ1n) is 5.59. The normalized spacial score (nSPS) is 12.8. The molecule has 0 amide bonds. The summed E-state index contributed by atoms with van der Waals surface area (Å²) in [6.45, 7) is 0.749. The Kier molecular flexibility index (Phi) is 6.28. The van der Waals surface area contributed by atoms with Crippen LogP contribution in [0, 0.1) is 0 Å². The predicted molar refractivity (Wildman–Crippen MR) is 69.6 cm³/mol. The average Bonchev–Trinajstić information content (AvgIpc) is 2.38. The standard InChI is InChI=1S/C12H13BrF3NO3/c1-19-11(18)10(13)7-17-6-8-2-4-9(5-3-8)20-12(14,15)16/h2-5,10,17H,6-7H2,1H3. The number of esters is 1. The van der Waals surface area contributed by atoms with Gasteiger partial charge in [0, 0.05) is 13.1 Å². The summed E-state index contributed by atoms with van der Waals surface area (Å²) < 4.78 is 44.2. The number of rotatable bonds is 6. The maximum Gasteiger partial charge on any atom is 0.573 e. The average molecular weight is 356 g/mol. The van der Waals surface area contributed by atoms with Gasteiger partial charge in [0.2, 0.25) is 0 Å². The predicted octanol–water partition coefficient (Wildman–Crippen LogP) is 2.61. The summed E-state index contributed by atoms with van der Waals surface area (Å²) in [7, 11) is 1.29. The maximum absolute atomic E-state index is 12.0. The van der Waals surface area contributed by atoms with Crippen LogP contribution in [0.3, 0.4) is 0 Å². The van der Waals surface area contributed by atoms with Gasteiger partial charge in [0.1, 0.15) is 10.6 Å². The number of methoxy groups -OCH3 is 1. The number of halogens is 4. The molecule has 0 aliphatic rings. The molecule has 0 fully saturated rings. The summed E-state index contributed by atoms with van der Waals surface area (Å²) in [4.78, 5) is 10.6. The molecule has 1 N–H and O–H groups in total. The second kappa shape index (κ2) is 7.49. The van der Waals surface area contributed by atoms with Gasteiger partial charge < -0.3 is 14.8 Å². The Bertz CT molecular complexity index is 437. The van der Waals surface area contributed by atoms with E-state index in [1.807, 2.05) is 0 Å². The van der Waals surface area contributed by atoms with E-state index in [2.05, 4.69) is 30.7 Å². The van der Waals surface area contributed by atoms with Gasteiger partial charge in [-0.15, -0.1) is 13.2 Å². The molecule has 8 heteroatoms. The van der Waals surface area contributed by atoms with E-state index in [1.165, 1.54) is 31.4 Å². The molecule has 0 radical (unpaired) electrons. The number of benzene rings is 1. The molecule has 1 unspecified atom stereocenters. The molecule has 0 spiro atoms. The zero-order valence-corrected chi connectivity index (χ0v) is 12.1. The largest absolute Gasteiger partial charge is 0.573 e. The summed E-state index contributed by atoms with van der Waals surface area (Å²) in [5.74, 6) is -0.666. The lowest BCUT2D eigenvalue weighted by atomic mass is 10.2. The Labute approximate surface area is 122 Å². The fourth-order valence-corrected chi connectivity index (χ4v) is 1.78. The van der Waals surface area contributed by atoms with Crippen molar-refractivity contribution < 1.29 is 27.4 Å². The maximum atomic E-state index is 12.0. The van der Waals surface area contributed by atoms with Crippen molar-refractivity contribution in [3.05, 3.63) is 29.8 Å². The lowest BCUT2D eigenvalue weighted by molar-refractivity contribution is -0.274. The minimum Gasteiger partial charge on any atom is -0.468 e. The van der Waals surface area contributed by atoms with E-state index in [4.69, 9.17) is 0 Å². The number of ether oxygens (including phenoxy) is 2. The van der Waals surface area contributed by atoms with E-state index < -0.39 is 17.2 Å². The Morgan fingerprint density at radius 3 is 2.45 bits per heavy atom. The Balaban J connectivity index is 2.40. The van der Waals surface area contributed by atoms with Crippen LogP contribution in [0.25, 0.3) is 0 Å². The smallest absolute Gasteiger partial charge is 0.468 e. The first kappa shape index (κ1) is 16.8. The molecule has 1 rings (SSSR count). The molecule has 0 aliphatic carbocycles. The Morgan fingerprint density at radius 1 is 1.35 bits per heavy atom. The highest BCUT2D eigenvalue weighted by Crippen LogP contribution is 2.22. The van der Waals surface area contributed by atoms with Crippen molar-refractivity contribution in [2.45, 2.75) is 17.7 Å². The number of nitrogens with one attached hydrogen (secondary N) is 1. The number of hydrogen-bond donors (Lipinski definition) is 1. The molecule has 0 saturated heterocycles. The van der Waals surface area contributed by atoms with Gasteiger partial charge in [-0.3, -0.25) is 4.79 Å². The number of carbonyl (C=O) groups excluding carboxylic acids is 1. The molecule has 4 nitrogen and oxygen atoms in total. The third-order valence-electron chi connectivity index (χ3n) is 2.27. The highest BCUT2D eigenvalue weighted by molar-refractivity contribution is 9.10. The van der Waals surface area contributed by atoms with Gasteiger partial charge in [-0.25, -0.2) is 0 Å². The molecular formula is C12H13BrF3NO3. The van der Waals surface area contributed by atoms with Crippen LogP contribution in [-0.4, -0.2) is 30.8 Å². The van der Waals surface area contributed by atoms with Crippen LogP contribution >= 0.6 is 15.9 Å². The number of carbonyl (C=O) groups is 1.